The minimum absolute atomic E-state index is 0.0848. The molecule has 34 heavy (non-hydrogen) atoms. The number of hydrazone groups is 1. The summed E-state index contributed by atoms with van der Waals surface area (Å²) in [5.74, 6) is -0.668. The number of carbonyl (C=O) groups excluding carboxylic acids is 1. The van der Waals surface area contributed by atoms with Gasteiger partial charge in [-0.3, -0.25) is 14.9 Å². The fourth-order valence-electron chi connectivity index (χ4n) is 3.17. The number of nitrogens with zero attached hydrogens (tertiary/aromatic N) is 3. The van der Waals surface area contributed by atoms with Crippen LogP contribution in [-0.2, 0) is 21.2 Å². The molecule has 0 aliphatic carbocycles. The van der Waals surface area contributed by atoms with Crippen molar-refractivity contribution in [3.05, 3.63) is 106 Å². The molecule has 1 N–H and O–H groups in total. The van der Waals surface area contributed by atoms with Gasteiger partial charge in [0.05, 0.1) is 28.1 Å². The van der Waals surface area contributed by atoms with E-state index < -0.39 is 27.4 Å². The third-order valence-corrected chi connectivity index (χ3v) is 6.86. The molecule has 0 aromatic heterocycles. The Morgan fingerprint density at radius 1 is 1.03 bits per heavy atom. The Bertz CT molecular complexity index is 1280. The Morgan fingerprint density at radius 3 is 2.35 bits per heavy atom. The predicted molar refractivity (Wildman–Crippen MR) is 129 cm³/mol. The molecule has 0 fully saturated rings. The van der Waals surface area contributed by atoms with E-state index in [4.69, 9.17) is 0 Å². The molecule has 0 spiro atoms. The van der Waals surface area contributed by atoms with Gasteiger partial charge in [-0.2, -0.15) is 9.41 Å². The lowest BCUT2D eigenvalue weighted by Crippen LogP contribution is -2.40. The minimum atomic E-state index is -3.95. The van der Waals surface area contributed by atoms with Crippen LogP contribution in [0.1, 0.15) is 16.7 Å². The standard InChI is InChI=1S/C24H24N4O5S/c1-19-11-13-22(14-12-19)34(32,33)27(16-15-20-7-3-2-4-8-20)18-24(29)26-25-17-21-9-5-6-10-23(21)28(30)31/h2-14,17H,15-16,18H2,1H3,(H,26,29)/b25-17+. The molecule has 0 saturated carbocycles. The molecule has 1 amide bonds. The fourth-order valence-corrected chi connectivity index (χ4v) is 4.57. The summed E-state index contributed by atoms with van der Waals surface area (Å²) in [5, 5.41) is 14.9. The van der Waals surface area contributed by atoms with Crippen molar-refractivity contribution in [3.8, 4) is 0 Å². The maximum Gasteiger partial charge on any atom is 0.278 e. The summed E-state index contributed by atoms with van der Waals surface area (Å²) in [6.45, 7) is 1.48. The second-order valence-electron chi connectivity index (χ2n) is 7.50. The molecular formula is C24H24N4O5S. The number of nitro groups is 1. The topological polar surface area (TPSA) is 122 Å². The lowest BCUT2D eigenvalue weighted by Gasteiger charge is -2.21. The highest BCUT2D eigenvalue weighted by atomic mass is 32.2. The zero-order chi connectivity index (χ0) is 24.6. The number of nitro benzene ring substituents is 1. The van der Waals surface area contributed by atoms with Gasteiger partial charge >= 0.3 is 0 Å². The third kappa shape index (κ3) is 6.56. The second-order valence-corrected chi connectivity index (χ2v) is 9.43. The van der Waals surface area contributed by atoms with Gasteiger partial charge in [-0.05, 0) is 37.1 Å². The number of aryl methyl sites for hydroxylation is 1. The van der Waals surface area contributed by atoms with Crippen LogP contribution < -0.4 is 5.43 Å². The number of rotatable bonds is 10. The smallest absolute Gasteiger partial charge is 0.272 e. The molecule has 10 heteroatoms. The predicted octanol–water partition coefficient (Wildman–Crippen LogP) is 3.29. The zero-order valence-corrected chi connectivity index (χ0v) is 19.3. The molecule has 0 aliphatic heterocycles. The quantitative estimate of drug-likeness (QED) is 0.271. The van der Waals surface area contributed by atoms with E-state index in [1.54, 1.807) is 18.2 Å². The Morgan fingerprint density at radius 2 is 1.68 bits per heavy atom. The first-order chi connectivity index (χ1) is 16.3. The number of carbonyl (C=O) groups is 1. The number of hydrogen-bond acceptors (Lipinski definition) is 6. The zero-order valence-electron chi connectivity index (χ0n) is 18.5. The van der Waals surface area contributed by atoms with E-state index in [1.165, 1.54) is 30.3 Å². The first-order valence-corrected chi connectivity index (χ1v) is 11.9. The Kier molecular flexibility index (Phi) is 8.23. The number of nitrogens with one attached hydrogen (secondary N) is 1. The molecule has 0 aliphatic rings. The number of hydrogen-bond donors (Lipinski definition) is 1. The molecule has 176 valence electrons. The molecule has 9 nitrogen and oxygen atoms in total. The summed E-state index contributed by atoms with van der Waals surface area (Å²) in [4.78, 5) is 23.2. The van der Waals surface area contributed by atoms with E-state index in [0.717, 1.165) is 21.6 Å². The number of benzene rings is 3. The van der Waals surface area contributed by atoms with Gasteiger partial charge in [0.2, 0.25) is 10.0 Å². The molecule has 3 aromatic carbocycles. The van der Waals surface area contributed by atoms with Crippen LogP contribution in [-0.4, -0.2) is 42.9 Å². The summed E-state index contributed by atoms with van der Waals surface area (Å²) in [7, 11) is -3.95. The molecule has 3 aromatic rings. The van der Waals surface area contributed by atoms with Crippen LogP contribution in [0.4, 0.5) is 5.69 Å². The van der Waals surface area contributed by atoms with E-state index in [2.05, 4.69) is 10.5 Å². The Balaban J connectivity index is 1.75. The molecule has 0 radical (unpaired) electrons. The molecule has 0 bridgehead atoms. The molecule has 3 rings (SSSR count). The van der Waals surface area contributed by atoms with Crippen molar-refractivity contribution in [1.29, 1.82) is 0 Å². The van der Waals surface area contributed by atoms with E-state index in [0.29, 0.717) is 6.42 Å². The van der Waals surface area contributed by atoms with Crippen molar-refractivity contribution in [2.45, 2.75) is 18.2 Å². The van der Waals surface area contributed by atoms with Gasteiger partial charge in [-0.15, -0.1) is 0 Å². The average Bonchev–Trinajstić information content (AvgIpc) is 2.82. The van der Waals surface area contributed by atoms with E-state index >= 15 is 0 Å². The van der Waals surface area contributed by atoms with E-state index in [9.17, 15) is 23.3 Å². The van der Waals surface area contributed by atoms with Crippen molar-refractivity contribution in [1.82, 2.24) is 9.73 Å². The summed E-state index contributed by atoms with van der Waals surface area (Å²) in [5.41, 5.74) is 4.16. The van der Waals surface area contributed by atoms with Crippen molar-refractivity contribution in [3.63, 3.8) is 0 Å². The van der Waals surface area contributed by atoms with Crippen LogP contribution in [0.3, 0.4) is 0 Å². The normalized spacial score (nSPS) is 11.6. The molecule has 0 unspecified atom stereocenters. The van der Waals surface area contributed by atoms with Crippen LogP contribution in [0.5, 0.6) is 0 Å². The largest absolute Gasteiger partial charge is 0.278 e. The van der Waals surface area contributed by atoms with Gasteiger partial charge < -0.3 is 0 Å². The first kappa shape index (κ1) is 24.7. The van der Waals surface area contributed by atoms with Gasteiger partial charge in [0.25, 0.3) is 11.6 Å². The highest BCUT2D eigenvalue weighted by Gasteiger charge is 2.26. The maximum absolute atomic E-state index is 13.2. The molecular weight excluding hydrogens is 456 g/mol. The van der Waals surface area contributed by atoms with Crippen LogP contribution in [0.25, 0.3) is 0 Å². The van der Waals surface area contributed by atoms with Gasteiger partial charge in [-0.25, -0.2) is 13.8 Å². The van der Waals surface area contributed by atoms with Crippen molar-refractivity contribution in [2.24, 2.45) is 5.10 Å². The van der Waals surface area contributed by atoms with Gasteiger partial charge in [-0.1, -0.05) is 60.2 Å². The molecule has 0 saturated heterocycles. The van der Waals surface area contributed by atoms with Crippen molar-refractivity contribution >= 4 is 27.8 Å². The average molecular weight is 481 g/mol. The van der Waals surface area contributed by atoms with Gasteiger partial charge in [0, 0.05) is 12.6 Å². The second kappa shape index (κ2) is 11.3. The lowest BCUT2D eigenvalue weighted by molar-refractivity contribution is -0.385. The fraction of sp³-hybridized carbons (Fsp3) is 0.167. The summed E-state index contributed by atoms with van der Waals surface area (Å²) >= 11 is 0. The van der Waals surface area contributed by atoms with Crippen molar-refractivity contribution < 1.29 is 18.1 Å². The molecule has 0 atom stereocenters. The summed E-state index contributed by atoms with van der Waals surface area (Å²) in [6, 6.07) is 21.7. The number of amides is 1. The van der Waals surface area contributed by atoms with E-state index in [1.807, 2.05) is 37.3 Å². The van der Waals surface area contributed by atoms with Crippen molar-refractivity contribution in [2.75, 3.05) is 13.1 Å². The van der Waals surface area contributed by atoms with Crippen LogP contribution >= 0.6 is 0 Å². The first-order valence-electron chi connectivity index (χ1n) is 10.4. The number of para-hydroxylation sites is 1. The Labute approximate surface area is 197 Å². The van der Waals surface area contributed by atoms with Gasteiger partial charge in [0.15, 0.2) is 0 Å². The van der Waals surface area contributed by atoms with E-state index in [-0.39, 0.29) is 22.7 Å². The summed E-state index contributed by atoms with van der Waals surface area (Å²) < 4.78 is 27.6. The minimum Gasteiger partial charge on any atom is -0.272 e. The van der Waals surface area contributed by atoms with Gasteiger partial charge in [0.1, 0.15) is 0 Å². The third-order valence-electron chi connectivity index (χ3n) is 5.00. The van der Waals surface area contributed by atoms with Crippen LogP contribution in [0.2, 0.25) is 0 Å². The van der Waals surface area contributed by atoms with Crippen LogP contribution in [0, 0.1) is 17.0 Å². The van der Waals surface area contributed by atoms with Crippen LogP contribution in [0.15, 0.2) is 88.9 Å². The highest BCUT2D eigenvalue weighted by Crippen LogP contribution is 2.18. The lowest BCUT2D eigenvalue weighted by atomic mass is 10.1. The Hall–Kier alpha value is -3.89. The summed E-state index contributed by atoms with van der Waals surface area (Å²) in [6.07, 6.45) is 1.57. The molecule has 0 heterocycles. The SMILES string of the molecule is Cc1ccc(S(=O)(=O)N(CCc2ccccc2)CC(=O)N/N=C/c2ccccc2[N+](=O)[O-])cc1. The number of sulfonamides is 1. The monoisotopic (exact) mass is 480 g/mol. The maximum atomic E-state index is 13.2. The highest BCUT2D eigenvalue weighted by molar-refractivity contribution is 7.89.